The first-order valence-corrected chi connectivity index (χ1v) is 6.73. The van der Waals surface area contributed by atoms with Gasteiger partial charge in [-0.05, 0) is 32.9 Å². The van der Waals surface area contributed by atoms with Gasteiger partial charge in [0.1, 0.15) is 5.82 Å². The molecule has 0 amide bonds. The molecule has 0 aliphatic heterocycles. The molecule has 18 heavy (non-hydrogen) atoms. The van der Waals surface area contributed by atoms with E-state index in [4.69, 9.17) is 5.11 Å². The highest BCUT2D eigenvalue weighted by Gasteiger charge is 2.09. The predicted molar refractivity (Wildman–Crippen MR) is 73.1 cm³/mol. The predicted octanol–water partition coefficient (Wildman–Crippen LogP) is 2.64. The zero-order chi connectivity index (χ0) is 13.1. The van der Waals surface area contributed by atoms with Crippen LogP contribution in [-0.2, 0) is 6.54 Å². The molecule has 7 heteroatoms. The van der Waals surface area contributed by atoms with Gasteiger partial charge in [-0.25, -0.2) is 14.8 Å². The summed E-state index contributed by atoms with van der Waals surface area (Å²) in [5, 5.41) is 10.7. The maximum atomic E-state index is 10.7. The first kappa shape index (κ1) is 13.0. The molecular formula is C11H10BrN3O2S. The summed E-state index contributed by atoms with van der Waals surface area (Å²) >= 11 is 5.10. The number of carboxylic acids is 1. The summed E-state index contributed by atoms with van der Waals surface area (Å²) in [5.74, 6) is -0.435. The Morgan fingerprint density at radius 1 is 1.50 bits per heavy atom. The first-order valence-electron chi connectivity index (χ1n) is 5.06. The van der Waals surface area contributed by atoms with E-state index in [1.165, 1.54) is 12.4 Å². The van der Waals surface area contributed by atoms with Crippen molar-refractivity contribution in [3.05, 3.63) is 38.9 Å². The molecule has 94 valence electrons. The van der Waals surface area contributed by atoms with E-state index in [1.807, 2.05) is 23.4 Å². The van der Waals surface area contributed by atoms with Gasteiger partial charge in [-0.1, -0.05) is 0 Å². The van der Waals surface area contributed by atoms with E-state index < -0.39 is 5.97 Å². The van der Waals surface area contributed by atoms with Crippen molar-refractivity contribution in [2.45, 2.75) is 6.54 Å². The third kappa shape index (κ3) is 2.85. The lowest BCUT2D eigenvalue weighted by Gasteiger charge is -2.17. The summed E-state index contributed by atoms with van der Waals surface area (Å²) < 4.78 is 1.09. The number of hydrogen-bond donors (Lipinski definition) is 1. The maximum absolute atomic E-state index is 10.7. The second kappa shape index (κ2) is 5.45. The summed E-state index contributed by atoms with van der Waals surface area (Å²) in [6.45, 7) is 0.686. The van der Waals surface area contributed by atoms with E-state index >= 15 is 0 Å². The summed E-state index contributed by atoms with van der Waals surface area (Å²) in [7, 11) is 1.88. The minimum atomic E-state index is -1.07. The molecule has 0 atom stereocenters. The molecular weight excluding hydrogens is 318 g/mol. The van der Waals surface area contributed by atoms with Gasteiger partial charge >= 0.3 is 5.97 Å². The Morgan fingerprint density at radius 3 is 2.78 bits per heavy atom. The third-order valence-electron chi connectivity index (χ3n) is 2.35. The molecule has 2 aromatic rings. The smallest absolute Gasteiger partial charge is 0.356 e. The van der Waals surface area contributed by atoms with Crippen LogP contribution in [0.4, 0.5) is 5.82 Å². The van der Waals surface area contributed by atoms with Gasteiger partial charge in [-0.3, -0.25) is 0 Å². The quantitative estimate of drug-likeness (QED) is 0.935. The fourth-order valence-electron chi connectivity index (χ4n) is 1.40. The van der Waals surface area contributed by atoms with Crippen molar-refractivity contribution < 1.29 is 9.90 Å². The highest BCUT2D eigenvalue weighted by atomic mass is 79.9. The molecule has 2 heterocycles. The number of carboxylic acid groups (broad SMARTS) is 1. The Balaban J connectivity index is 2.12. The number of anilines is 1. The lowest BCUT2D eigenvalue weighted by atomic mass is 10.3. The summed E-state index contributed by atoms with van der Waals surface area (Å²) in [6, 6.07) is 2.03. The average molecular weight is 328 g/mol. The lowest BCUT2D eigenvalue weighted by molar-refractivity contribution is 0.0690. The normalized spacial score (nSPS) is 10.3. The zero-order valence-corrected chi connectivity index (χ0v) is 11.9. The largest absolute Gasteiger partial charge is 0.476 e. The van der Waals surface area contributed by atoms with Crippen LogP contribution in [0, 0.1) is 0 Å². The van der Waals surface area contributed by atoms with Crippen molar-refractivity contribution >= 4 is 39.1 Å². The Hall–Kier alpha value is -1.47. The van der Waals surface area contributed by atoms with Crippen LogP contribution in [0.3, 0.4) is 0 Å². The van der Waals surface area contributed by atoms with Gasteiger partial charge in [0.25, 0.3) is 0 Å². The number of aromatic nitrogens is 2. The number of nitrogens with zero attached hydrogens (tertiary/aromatic N) is 3. The highest BCUT2D eigenvalue weighted by molar-refractivity contribution is 9.11. The van der Waals surface area contributed by atoms with Crippen LogP contribution in [0.2, 0.25) is 0 Å². The molecule has 2 rings (SSSR count). The van der Waals surface area contributed by atoms with Crippen LogP contribution in [0.5, 0.6) is 0 Å². The van der Waals surface area contributed by atoms with Crippen molar-refractivity contribution in [1.82, 2.24) is 9.97 Å². The zero-order valence-electron chi connectivity index (χ0n) is 9.50. The van der Waals surface area contributed by atoms with Crippen LogP contribution in [0.25, 0.3) is 0 Å². The van der Waals surface area contributed by atoms with Gasteiger partial charge < -0.3 is 10.0 Å². The molecule has 0 spiro atoms. The molecule has 0 aliphatic rings. The van der Waals surface area contributed by atoms with E-state index in [9.17, 15) is 4.79 Å². The standard InChI is InChI=1S/C11H10BrN3O2S/c1-15(6-7-2-3-18-10(7)12)9-5-13-8(4-14-9)11(16)17/h2-5H,6H2,1H3,(H,16,17). The number of halogens is 1. The van der Waals surface area contributed by atoms with E-state index in [-0.39, 0.29) is 5.69 Å². The van der Waals surface area contributed by atoms with Gasteiger partial charge in [-0.2, -0.15) is 0 Å². The number of carbonyl (C=O) groups is 1. The number of rotatable bonds is 4. The van der Waals surface area contributed by atoms with Crippen LogP contribution >= 0.6 is 27.3 Å². The van der Waals surface area contributed by atoms with Gasteiger partial charge in [0, 0.05) is 13.6 Å². The van der Waals surface area contributed by atoms with Gasteiger partial charge in [0.15, 0.2) is 5.69 Å². The Bertz CT molecular complexity index is 556. The number of thiophene rings is 1. The summed E-state index contributed by atoms with van der Waals surface area (Å²) in [6.07, 6.45) is 2.72. The molecule has 1 N–H and O–H groups in total. The van der Waals surface area contributed by atoms with E-state index in [2.05, 4.69) is 25.9 Å². The van der Waals surface area contributed by atoms with Crippen molar-refractivity contribution in [3.63, 3.8) is 0 Å². The van der Waals surface area contributed by atoms with Gasteiger partial charge in [0.05, 0.1) is 16.2 Å². The SMILES string of the molecule is CN(Cc1ccsc1Br)c1cnc(C(=O)O)cn1. The minimum absolute atomic E-state index is 0.0520. The molecule has 2 aromatic heterocycles. The number of hydrogen-bond acceptors (Lipinski definition) is 5. The van der Waals surface area contributed by atoms with Gasteiger partial charge in [0.2, 0.25) is 0 Å². The van der Waals surface area contributed by atoms with Crippen LogP contribution in [0.1, 0.15) is 16.1 Å². The number of aromatic carboxylic acids is 1. The molecule has 0 radical (unpaired) electrons. The van der Waals surface area contributed by atoms with Crippen LogP contribution < -0.4 is 4.90 Å². The van der Waals surface area contributed by atoms with E-state index in [0.717, 1.165) is 9.35 Å². The monoisotopic (exact) mass is 327 g/mol. The van der Waals surface area contributed by atoms with Crippen molar-refractivity contribution in [2.24, 2.45) is 0 Å². The van der Waals surface area contributed by atoms with Gasteiger partial charge in [-0.15, -0.1) is 11.3 Å². The molecule has 0 aromatic carbocycles. The highest BCUT2D eigenvalue weighted by Crippen LogP contribution is 2.25. The molecule has 0 bridgehead atoms. The fraction of sp³-hybridized carbons (Fsp3) is 0.182. The fourth-order valence-corrected chi connectivity index (χ4v) is 2.61. The first-order chi connectivity index (χ1) is 8.58. The average Bonchev–Trinajstić information content (AvgIpc) is 2.75. The lowest BCUT2D eigenvalue weighted by Crippen LogP contribution is -2.18. The second-order valence-corrected chi connectivity index (χ2v) is 5.87. The molecule has 0 unspecified atom stereocenters. The summed E-state index contributed by atoms with van der Waals surface area (Å²) in [4.78, 5) is 20.5. The third-order valence-corrected chi connectivity index (χ3v) is 4.16. The topological polar surface area (TPSA) is 66.3 Å². The maximum Gasteiger partial charge on any atom is 0.356 e. The second-order valence-electron chi connectivity index (χ2n) is 3.64. The van der Waals surface area contributed by atoms with E-state index in [1.54, 1.807) is 11.3 Å². The Morgan fingerprint density at radius 2 is 2.28 bits per heavy atom. The van der Waals surface area contributed by atoms with Crippen molar-refractivity contribution in [1.29, 1.82) is 0 Å². The van der Waals surface area contributed by atoms with Crippen LogP contribution in [-0.4, -0.2) is 28.1 Å². The van der Waals surface area contributed by atoms with Crippen molar-refractivity contribution in [3.8, 4) is 0 Å². The molecule has 0 fully saturated rings. The van der Waals surface area contributed by atoms with Crippen LogP contribution in [0.15, 0.2) is 27.6 Å². The molecule has 0 saturated carbocycles. The molecule has 0 aliphatic carbocycles. The molecule has 5 nitrogen and oxygen atoms in total. The Labute approximate surface area is 116 Å². The van der Waals surface area contributed by atoms with Crippen molar-refractivity contribution in [2.75, 3.05) is 11.9 Å². The summed E-state index contributed by atoms with van der Waals surface area (Å²) in [5.41, 5.74) is 1.11. The minimum Gasteiger partial charge on any atom is -0.476 e. The Kier molecular flexibility index (Phi) is 3.93. The molecule has 0 saturated heterocycles. The van der Waals surface area contributed by atoms with E-state index in [0.29, 0.717) is 12.4 Å².